The van der Waals surface area contributed by atoms with Crippen LogP contribution in [-0.2, 0) is 10.8 Å². The summed E-state index contributed by atoms with van der Waals surface area (Å²) >= 11 is 0. The van der Waals surface area contributed by atoms with E-state index >= 15 is 0 Å². The van der Waals surface area contributed by atoms with Crippen LogP contribution in [0.15, 0.2) is 12.3 Å². The Bertz CT molecular complexity index is 347. The van der Waals surface area contributed by atoms with E-state index in [4.69, 9.17) is 4.74 Å². The summed E-state index contributed by atoms with van der Waals surface area (Å²) < 4.78 is 16.4. The molecule has 0 amide bonds. The molecular formula is C10H17N3O2S. The number of rotatable bonds is 7. The van der Waals surface area contributed by atoms with E-state index in [2.05, 4.69) is 15.3 Å². The molecule has 0 fully saturated rings. The Balaban J connectivity index is 2.41. The van der Waals surface area contributed by atoms with Crippen molar-refractivity contribution in [3.8, 4) is 5.88 Å². The highest BCUT2D eigenvalue weighted by Gasteiger charge is 2.00. The summed E-state index contributed by atoms with van der Waals surface area (Å²) in [6.45, 7) is 4.99. The summed E-state index contributed by atoms with van der Waals surface area (Å²) in [5.74, 6) is 2.36. The van der Waals surface area contributed by atoms with Gasteiger partial charge >= 0.3 is 0 Å². The Morgan fingerprint density at radius 2 is 2.31 bits per heavy atom. The van der Waals surface area contributed by atoms with Crippen LogP contribution < -0.4 is 10.1 Å². The summed E-state index contributed by atoms with van der Waals surface area (Å²) in [5.41, 5.74) is 0. The molecule has 1 rings (SSSR count). The third-order valence-electron chi connectivity index (χ3n) is 1.86. The highest BCUT2D eigenvalue weighted by atomic mass is 32.2. The Kier molecular flexibility index (Phi) is 5.77. The Morgan fingerprint density at radius 1 is 1.50 bits per heavy atom. The molecule has 0 aliphatic rings. The van der Waals surface area contributed by atoms with Gasteiger partial charge in [-0.25, -0.2) is 4.98 Å². The van der Waals surface area contributed by atoms with Crippen molar-refractivity contribution < 1.29 is 8.95 Å². The molecular weight excluding hydrogens is 226 g/mol. The standard InChI is InChI=1S/C10H17N3O2S/c1-3-15-9-5-6-11-10(13-9)12-7-8-16(14)4-2/h5-6H,3-4,7-8H2,1-2H3,(H,11,12,13). The van der Waals surface area contributed by atoms with Crippen molar-refractivity contribution in [1.82, 2.24) is 9.97 Å². The molecule has 0 spiro atoms. The third kappa shape index (κ3) is 4.57. The molecule has 90 valence electrons. The predicted octanol–water partition coefficient (Wildman–Crippen LogP) is 1.06. The molecule has 0 bridgehead atoms. The molecule has 6 heteroatoms. The summed E-state index contributed by atoms with van der Waals surface area (Å²) in [6.07, 6.45) is 1.64. The third-order valence-corrected chi connectivity index (χ3v) is 3.16. The average Bonchev–Trinajstić information content (AvgIpc) is 2.30. The van der Waals surface area contributed by atoms with Crippen molar-refractivity contribution in [3.05, 3.63) is 12.3 Å². The zero-order valence-electron chi connectivity index (χ0n) is 9.60. The molecule has 16 heavy (non-hydrogen) atoms. The summed E-state index contributed by atoms with van der Waals surface area (Å²) in [5, 5.41) is 3.01. The monoisotopic (exact) mass is 243 g/mol. The number of aromatic nitrogens is 2. The van der Waals surface area contributed by atoms with E-state index in [1.165, 1.54) is 0 Å². The number of hydrogen-bond acceptors (Lipinski definition) is 5. The second kappa shape index (κ2) is 7.16. The molecule has 1 aromatic heterocycles. The van der Waals surface area contributed by atoms with Gasteiger partial charge < -0.3 is 10.1 Å². The van der Waals surface area contributed by atoms with Crippen molar-refractivity contribution >= 4 is 16.7 Å². The fourth-order valence-electron chi connectivity index (χ4n) is 1.08. The fraction of sp³-hybridized carbons (Fsp3) is 0.600. The maximum atomic E-state index is 11.2. The highest BCUT2D eigenvalue weighted by molar-refractivity contribution is 7.84. The lowest BCUT2D eigenvalue weighted by Gasteiger charge is -2.06. The fourth-order valence-corrected chi connectivity index (χ4v) is 1.70. The largest absolute Gasteiger partial charge is 0.478 e. The van der Waals surface area contributed by atoms with E-state index in [1.54, 1.807) is 12.3 Å². The van der Waals surface area contributed by atoms with Gasteiger partial charge in [0, 0.05) is 41.1 Å². The van der Waals surface area contributed by atoms with Crippen LogP contribution in [0.25, 0.3) is 0 Å². The van der Waals surface area contributed by atoms with Gasteiger partial charge in [-0.05, 0) is 6.92 Å². The van der Waals surface area contributed by atoms with Crippen LogP contribution in [0.5, 0.6) is 5.88 Å². The van der Waals surface area contributed by atoms with Crippen molar-refractivity contribution in [2.24, 2.45) is 0 Å². The van der Waals surface area contributed by atoms with E-state index in [1.807, 2.05) is 13.8 Å². The van der Waals surface area contributed by atoms with Crippen LogP contribution >= 0.6 is 0 Å². The van der Waals surface area contributed by atoms with E-state index in [0.717, 1.165) is 0 Å². The van der Waals surface area contributed by atoms with Crippen LogP contribution in [0.2, 0.25) is 0 Å². The van der Waals surface area contributed by atoms with Crippen LogP contribution in [-0.4, -0.2) is 38.8 Å². The predicted molar refractivity (Wildman–Crippen MR) is 65.2 cm³/mol. The number of nitrogens with zero attached hydrogens (tertiary/aromatic N) is 2. The van der Waals surface area contributed by atoms with Crippen LogP contribution in [0.4, 0.5) is 5.95 Å². The van der Waals surface area contributed by atoms with E-state index in [0.29, 0.717) is 36.5 Å². The quantitative estimate of drug-likeness (QED) is 0.775. The first-order valence-electron chi connectivity index (χ1n) is 5.31. The highest BCUT2D eigenvalue weighted by Crippen LogP contribution is 2.07. The van der Waals surface area contributed by atoms with Gasteiger partial charge in [0.2, 0.25) is 11.8 Å². The zero-order chi connectivity index (χ0) is 11.8. The summed E-state index contributed by atoms with van der Waals surface area (Å²) in [4.78, 5) is 8.18. The zero-order valence-corrected chi connectivity index (χ0v) is 10.4. The van der Waals surface area contributed by atoms with Crippen molar-refractivity contribution in [1.29, 1.82) is 0 Å². The Hall–Kier alpha value is -1.17. The second-order valence-corrected chi connectivity index (χ2v) is 4.88. The van der Waals surface area contributed by atoms with Gasteiger partial charge in [-0.1, -0.05) is 6.92 Å². The van der Waals surface area contributed by atoms with Crippen LogP contribution in [0.3, 0.4) is 0 Å². The molecule has 1 atom stereocenters. The molecule has 0 aliphatic heterocycles. The first-order chi connectivity index (χ1) is 7.76. The molecule has 1 aromatic rings. The molecule has 5 nitrogen and oxygen atoms in total. The summed E-state index contributed by atoms with van der Waals surface area (Å²) in [6, 6.07) is 1.71. The maximum absolute atomic E-state index is 11.2. The SMILES string of the molecule is CCOc1ccnc(NCCS(=O)CC)n1. The maximum Gasteiger partial charge on any atom is 0.225 e. The van der Waals surface area contributed by atoms with Gasteiger partial charge in [0.25, 0.3) is 0 Å². The minimum absolute atomic E-state index is 0.513. The van der Waals surface area contributed by atoms with Gasteiger partial charge in [-0.15, -0.1) is 0 Å². The molecule has 1 heterocycles. The minimum atomic E-state index is -0.759. The van der Waals surface area contributed by atoms with Crippen molar-refractivity contribution in [2.45, 2.75) is 13.8 Å². The van der Waals surface area contributed by atoms with Crippen LogP contribution in [0.1, 0.15) is 13.8 Å². The van der Waals surface area contributed by atoms with E-state index in [9.17, 15) is 4.21 Å². The molecule has 0 saturated carbocycles. The van der Waals surface area contributed by atoms with Crippen LogP contribution in [0, 0.1) is 0 Å². The smallest absolute Gasteiger partial charge is 0.225 e. The molecule has 1 N–H and O–H groups in total. The molecule has 0 aromatic carbocycles. The van der Waals surface area contributed by atoms with Gasteiger partial charge in [0.15, 0.2) is 0 Å². The number of nitrogens with one attached hydrogen (secondary N) is 1. The molecule has 0 aliphatic carbocycles. The van der Waals surface area contributed by atoms with Gasteiger partial charge in [-0.2, -0.15) is 4.98 Å². The molecule has 1 unspecified atom stereocenters. The van der Waals surface area contributed by atoms with Gasteiger partial charge in [-0.3, -0.25) is 4.21 Å². The van der Waals surface area contributed by atoms with Crippen molar-refractivity contribution in [3.63, 3.8) is 0 Å². The number of anilines is 1. The average molecular weight is 243 g/mol. The van der Waals surface area contributed by atoms with Gasteiger partial charge in [0.05, 0.1) is 6.61 Å². The van der Waals surface area contributed by atoms with E-state index < -0.39 is 10.8 Å². The lowest BCUT2D eigenvalue weighted by atomic mass is 10.6. The molecule has 0 saturated heterocycles. The Morgan fingerprint density at radius 3 is 3.00 bits per heavy atom. The topological polar surface area (TPSA) is 64.1 Å². The first-order valence-corrected chi connectivity index (χ1v) is 6.79. The number of hydrogen-bond donors (Lipinski definition) is 1. The lowest BCUT2D eigenvalue weighted by molar-refractivity contribution is 0.326. The first kappa shape index (κ1) is 12.9. The number of ether oxygens (including phenoxy) is 1. The molecule has 0 radical (unpaired) electrons. The van der Waals surface area contributed by atoms with Crippen molar-refractivity contribution in [2.75, 3.05) is 30.0 Å². The normalized spacial score (nSPS) is 12.1. The van der Waals surface area contributed by atoms with Gasteiger partial charge in [0.1, 0.15) is 0 Å². The minimum Gasteiger partial charge on any atom is -0.478 e. The van der Waals surface area contributed by atoms with E-state index in [-0.39, 0.29) is 0 Å². The second-order valence-electron chi connectivity index (χ2n) is 3.01. The lowest BCUT2D eigenvalue weighted by Crippen LogP contribution is -2.13. The Labute approximate surface area is 98.1 Å². The summed E-state index contributed by atoms with van der Waals surface area (Å²) in [7, 11) is -0.759.